The highest BCUT2D eigenvalue weighted by atomic mass is 32.2. The molecule has 16 heavy (non-hydrogen) atoms. The SMILES string of the molecule is CCCCCC(C[N+](=O)[O-])C1=CN=C[SH]1N. The summed E-state index contributed by atoms with van der Waals surface area (Å²) in [5.41, 5.74) is 1.71. The van der Waals surface area contributed by atoms with Gasteiger partial charge in [-0.2, -0.15) is 0 Å². The highest BCUT2D eigenvalue weighted by Gasteiger charge is 2.24. The van der Waals surface area contributed by atoms with Crippen LogP contribution in [0.1, 0.15) is 32.6 Å². The number of nitrogens with zero attached hydrogens (tertiary/aromatic N) is 2. The minimum Gasteiger partial charge on any atom is -0.289 e. The summed E-state index contributed by atoms with van der Waals surface area (Å²) in [6, 6.07) is 0. The summed E-state index contributed by atoms with van der Waals surface area (Å²) in [5, 5.41) is 16.5. The van der Waals surface area contributed by atoms with Gasteiger partial charge in [0.25, 0.3) is 0 Å². The molecule has 0 aromatic heterocycles. The fourth-order valence-corrected chi connectivity index (χ4v) is 2.96. The van der Waals surface area contributed by atoms with Crippen LogP contribution in [0.5, 0.6) is 0 Å². The predicted molar refractivity (Wildman–Crippen MR) is 69.2 cm³/mol. The molecular weight excluding hydrogens is 226 g/mol. The normalized spacial score (nSPS) is 23.1. The second kappa shape index (κ2) is 6.65. The fourth-order valence-electron chi connectivity index (χ4n) is 1.78. The highest BCUT2D eigenvalue weighted by Crippen LogP contribution is 2.37. The second-order valence-electron chi connectivity index (χ2n) is 3.93. The van der Waals surface area contributed by atoms with Crippen LogP contribution in [0, 0.1) is 16.0 Å². The first-order chi connectivity index (χ1) is 7.65. The van der Waals surface area contributed by atoms with E-state index in [1.54, 1.807) is 11.7 Å². The Morgan fingerprint density at radius 1 is 1.62 bits per heavy atom. The van der Waals surface area contributed by atoms with E-state index in [2.05, 4.69) is 11.9 Å². The van der Waals surface area contributed by atoms with Gasteiger partial charge in [0.2, 0.25) is 6.54 Å². The van der Waals surface area contributed by atoms with Gasteiger partial charge in [0, 0.05) is 16.0 Å². The van der Waals surface area contributed by atoms with E-state index in [-0.39, 0.29) is 17.4 Å². The Balaban J connectivity index is 2.53. The summed E-state index contributed by atoms with van der Waals surface area (Å²) in [7, 11) is 0. The molecule has 0 bridgehead atoms. The van der Waals surface area contributed by atoms with Crippen molar-refractivity contribution in [1.82, 2.24) is 0 Å². The third-order valence-electron chi connectivity index (χ3n) is 2.64. The van der Waals surface area contributed by atoms with Gasteiger partial charge in [-0.3, -0.25) is 20.2 Å². The van der Waals surface area contributed by atoms with Crippen LogP contribution >= 0.6 is 11.1 Å². The minimum absolute atomic E-state index is 0.0189. The van der Waals surface area contributed by atoms with E-state index < -0.39 is 11.1 Å². The van der Waals surface area contributed by atoms with Crippen LogP contribution in [-0.4, -0.2) is 17.0 Å². The molecule has 1 heterocycles. The Hall–Kier alpha value is -0.880. The Bertz CT molecular complexity index is 304. The van der Waals surface area contributed by atoms with Crippen molar-refractivity contribution in [1.29, 1.82) is 0 Å². The number of rotatable bonds is 7. The minimum atomic E-state index is -0.854. The van der Waals surface area contributed by atoms with Crippen LogP contribution in [0.4, 0.5) is 0 Å². The summed E-state index contributed by atoms with van der Waals surface area (Å²) < 4.78 is 0. The summed E-state index contributed by atoms with van der Waals surface area (Å²) in [5.74, 6) is -0.0276. The quantitative estimate of drug-likeness (QED) is 0.312. The molecule has 0 aliphatic carbocycles. The van der Waals surface area contributed by atoms with Gasteiger partial charge < -0.3 is 0 Å². The van der Waals surface area contributed by atoms with Crippen LogP contribution in [0.25, 0.3) is 0 Å². The predicted octanol–water partition coefficient (Wildman–Crippen LogP) is 2.22. The maximum atomic E-state index is 10.6. The number of hydrogen-bond acceptors (Lipinski definition) is 4. The second-order valence-corrected chi connectivity index (χ2v) is 5.50. The van der Waals surface area contributed by atoms with Crippen LogP contribution in [0.3, 0.4) is 0 Å². The van der Waals surface area contributed by atoms with Gasteiger partial charge in [0.15, 0.2) is 0 Å². The smallest absolute Gasteiger partial charge is 0.211 e. The molecule has 2 atom stereocenters. The first-order valence-corrected chi connectivity index (χ1v) is 7.02. The number of nitro groups is 1. The summed E-state index contributed by atoms with van der Waals surface area (Å²) in [6.07, 6.45) is 5.82. The molecule has 1 aliphatic heterocycles. The Morgan fingerprint density at radius 3 is 2.88 bits per heavy atom. The van der Waals surface area contributed by atoms with Crippen molar-refractivity contribution in [2.24, 2.45) is 16.0 Å². The largest absolute Gasteiger partial charge is 0.289 e. The monoisotopic (exact) mass is 245 g/mol. The average Bonchev–Trinajstić information content (AvgIpc) is 2.63. The van der Waals surface area contributed by atoms with Crippen LogP contribution in [0.15, 0.2) is 16.1 Å². The van der Waals surface area contributed by atoms with E-state index in [1.807, 2.05) is 0 Å². The Kier molecular flexibility index (Phi) is 5.48. The Labute approximate surface area is 98.4 Å². The summed E-state index contributed by atoms with van der Waals surface area (Å²) in [4.78, 5) is 15.3. The van der Waals surface area contributed by atoms with Crippen molar-refractivity contribution < 1.29 is 4.92 Å². The molecule has 0 aromatic rings. The number of hydrogen-bond donors (Lipinski definition) is 2. The number of unbranched alkanes of at least 4 members (excludes halogenated alkanes) is 2. The number of nitrogens with two attached hydrogens (primary N) is 1. The average molecular weight is 245 g/mol. The molecule has 0 fully saturated rings. The molecule has 6 heteroatoms. The van der Waals surface area contributed by atoms with E-state index in [9.17, 15) is 10.1 Å². The molecule has 0 radical (unpaired) electrons. The molecule has 1 aliphatic rings. The third kappa shape index (κ3) is 3.94. The van der Waals surface area contributed by atoms with E-state index in [0.717, 1.165) is 30.6 Å². The number of aliphatic imine (C=N–C) groups is 1. The maximum absolute atomic E-state index is 10.6. The van der Waals surface area contributed by atoms with Crippen molar-refractivity contribution in [2.45, 2.75) is 32.6 Å². The lowest BCUT2D eigenvalue weighted by Crippen LogP contribution is -2.18. The lowest BCUT2D eigenvalue weighted by atomic mass is 10.0. The topological polar surface area (TPSA) is 81.5 Å². The van der Waals surface area contributed by atoms with E-state index in [1.165, 1.54) is 0 Å². The van der Waals surface area contributed by atoms with E-state index in [4.69, 9.17) is 5.14 Å². The molecule has 1 rings (SSSR count). The lowest BCUT2D eigenvalue weighted by Gasteiger charge is -2.18. The first-order valence-electron chi connectivity index (χ1n) is 5.54. The number of thiol groups is 1. The van der Waals surface area contributed by atoms with Crippen molar-refractivity contribution in [3.8, 4) is 0 Å². The maximum Gasteiger partial charge on any atom is 0.211 e. The molecule has 2 unspecified atom stereocenters. The van der Waals surface area contributed by atoms with Crippen molar-refractivity contribution in [3.05, 3.63) is 21.2 Å². The van der Waals surface area contributed by atoms with E-state index >= 15 is 0 Å². The fraction of sp³-hybridized carbons (Fsp3) is 0.700. The van der Waals surface area contributed by atoms with Crippen molar-refractivity contribution in [2.75, 3.05) is 6.54 Å². The zero-order chi connectivity index (χ0) is 12.0. The highest BCUT2D eigenvalue weighted by molar-refractivity contribution is 8.30. The molecule has 0 spiro atoms. The standard InChI is InChI=1S/C10H19N3O2S/c1-2-3-4-5-9(7-13(14)15)10-6-12-8-16(10)11/h6,8-9,16H,2-5,7,11H2,1H3. The zero-order valence-electron chi connectivity index (χ0n) is 9.50. The van der Waals surface area contributed by atoms with E-state index in [0.29, 0.717) is 0 Å². The lowest BCUT2D eigenvalue weighted by molar-refractivity contribution is -0.486. The van der Waals surface area contributed by atoms with Gasteiger partial charge in [-0.25, -0.2) is 0 Å². The molecule has 2 N–H and O–H groups in total. The molecule has 92 valence electrons. The molecular formula is C10H19N3O2S. The molecule has 0 amide bonds. The van der Waals surface area contributed by atoms with Crippen LogP contribution in [-0.2, 0) is 0 Å². The summed E-state index contributed by atoms with van der Waals surface area (Å²) >= 11 is -0.854. The summed E-state index contributed by atoms with van der Waals surface area (Å²) in [6.45, 7) is 2.10. The van der Waals surface area contributed by atoms with Crippen LogP contribution in [0.2, 0.25) is 0 Å². The third-order valence-corrected chi connectivity index (χ3v) is 4.10. The van der Waals surface area contributed by atoms with Crippen molar-refractivity contribution in [3.63, 3.8) is 0 Å². The molecule has 0 saturated carbocycles. The molecule has 0 aromatic carbocycles. The van der Waals surface area contributed by atoms with Gasteiger partial charge >= 0.3 is 0 Å². The molecule has 0 saturated heterocycles. The molecule has 5 nitrogen and oxygen atoms in total. The van der Waals surface area contributed by atoms with Gasteiger partial charge in [-0.15, -0.1) is 11.1 Å². The van der Waals surface area contributed by atoms with Crippen LogP contribution < -0.4 is 5.14 Å². The first kappa shape index (κ1) is 13.2. The van der Waals surface area contributed by atoms with Gasteiger partial charge in [-0.1, -0.05) is 26.2 Å². The van der Waals surface area contributed by atoms with Gasteiger partial charge in [0.05, 0.1) is 11.5 Å². The van der Waals surface area contributed by atoms with Gasteiger partial charge in [0.1, 0.15) is 0 Å². The van der Waals surface area contributed by atoms with Crippen molar-refractivity contribution >= 4 is 16.6 Å². The Morgan fingerprint density at radius 2 is 2.38 bits per heavy atom. The zero-order valence-corrected chi connectivity index (χ0v) is 10.4. The van der Waals surface area contributed by atoms with Gasteiger partial charge in [-0.05, 0) is 6.42 Å².